The van der Waals surface area contributed by atoms with Crippen LogP contribution in [0.15, 0.2) is 52.9 Å². The molecule has 0 unspecified atom stereocenters. The number of hydrogen-bond donors (Lipinski definition) is 1. The first-order valence-electron chi connectivity index (χ1n) is 7.32. The first-order chi connectivity index (χ1) is 11.0. The molecule has 5 nitrogen and oxygen atoms in total. The normalized spacial score (nSPS) is 10.9. The Kier molecular flexibility index (Phi) is 3.93. The molecule has 0 aliphatic carbocycles. The third kappa shape index (κ3) is 3.13. The molecule has 0 aliphatic heterocycles. The molecule has 23 heavy (non-hydrogen) atoms. The lowest BCUT2D eigenvalue weighted by molar-refractivity contribution is 0.0697. The maximum Gasteiger partial charge on any atom is 0.335 e. The summed E-state index contributed by atoms with van der Waals surface area (Å²) in [4.78, 5) is 11.0. The first-order valence-corrected chi connectivity index (χ1v) is 7.32. The minimum Gasteiger partial charge on any atom is -0.478 e. The summed E-state index contributed by atoms with van der Waals surface area (Å²) in [6.07, 6.45) is 0. The van der Waals surface area contributed by atoms with Gasteiger partial charge in [0, 0.05) is 11.1 Å². The highest BCUT2D eigenvalue weighted by atomic mass is 16.4. The monoisotopic (exact) mass is 308 g/mol. The molecule has 0 radical (unpaired) electrons. The summed E-state index contributed by atoms with van der Waals surface area (Å²) in [7, 11) is 0. The highest BCUT2D eigenvalue weighted by Gasteiger charge is 2.13. The van der Waals surface area contributed by atoms with E-state index in [4.69, 9.17) is 9.52 Å². The van der Waals surface area contributed by atoms with Gasteiger partial charge in [-0.2, -0.15) is 0 Å². The zero-order chi connectivity index (χ0) is 16.4. The smallest absolute Gasteiger partial charge is 0.335 e. The fourth-order valence-corrected chi connectivity index (χ4v) is 2.27. The van der Waals surface area contributed by atoms with Crippen molar-refractivity contribution >= 4 is 5.97 Å². The van der Waals surface area contributed by atoms with Gasteiger partial charge in [-0.25, -0.2) is 4.79 Å². The Balaban J connectivity index is 1.96. The van der Waals surface area contributed by atoms with Crippen LogP contribution in [-0.4, -0.2) is 21.3 Å². The van der Waals surface area contributed by atoms with Crippen molar-refractivity contribution in [1.82, 2.24) is 10.2 Å². The lowest BCUT2D eigenvalue weighted by Crippen LogP contribution is -1.95. The van der Waals surface area contributed by atoms with Gasteiger partial charge in [-0.15, -0.1) is 10.2 Å². The van der Waals surface area contributed by atoms with Crippen LogP contribution in [0.5, 0.6) is 0 Å². The van der Waals surface area contributed by atoms with E-state index in [0.29, 0.717) is 23.3 Å². The Morgan fingerprint density at radius 3 is 2.22 bits per heavy atom. The molecule has 1 aromatic heterocycles. The largest absolute Gasteiger partial charge is 0.478 e. The molecule has 0 aliphatic rings. The molecule has 0 amide bonds. The molecule has 2 aromatic carbocycles. The van der Waals surface area contributed by atoms with Crippen molar-refractivity contribution in [3.05, 3.63) is 59.7 Å². The van der Waals surface area contributed by atoms with E-state index in [-0.39, 0.29) is 5.56 Å². The number of hydrogen-bond acceptors (Lipinski definition) is 4. The summed E-state index contributed by atoms with van der Waals surface area (Å²) in [5.74, 6) is 0.141. The van der Waals surface area contributed by atoms with Crippen LogP contribution in [0.4, 0.5) is 0 Å². The van der Waals surface area contributed by atoms with Gasteiger partial charge in [0.1, 0.15) is 0 Å². The Morgan fingerprint density at radius 2 is 1.61 bits per heavy atom. The van der Waals surface area contributed by atoms with Crippen LogP contribution < -0.4 is 0 Å². The van der Waals surface area contributed by atoms with Crippen LogP contribution >= 0.6 is 0 Å². The van der Waals surface area contributed by atoms with E-state index < -0.39 is 5.97 Å². The molecule has 1 heterocycles. The second-order valence-electron chi connectivity index (χ2n) is 5.58. The average molecular weight is 308 g/mol. The van der Waals surface area contributed by atoms with E-state index in [1.807, 2.05) is 18.2 Å². The molecule has 0 saturated carbocycles. The van der Waals surface area contributed by atoms with Crippen LogP contribution in [0.25, 0.3) is 22.9 Å². The van der Waals surface area contributed by atoms with E-state index in [2.05, 4.69) is 30.1 Å². The van der Waals surface area contributed by atoms with Crippen LogP contribution in [0.1, 0.15) is 35.7 Å². The Morgan fingerprint density at radius 1 is 1.00 bits per heavy atom. The van der Waals surface area contributed by atoms with Crippen LogP contribution in [0.3, 0.4) is 0 Å². The highest BCUT2D eigenvalue weighted by Crippen LogP contribution is 2.26. The van der Waals surface area contributed by atoms with Crippen molar-refractivity contribution < 1.29 is 14.3 Å². The lowest BCUT2D eigenvalue weighted by Gasteiger charge is -2.05. The zero-order valence-electron chi connectivity index (χ0n) is 12.9. The Hall–Kier alpha value is -2.95. The predicted molar refractivity (Wildman–Crippen MR) is 86.2 cm³/mol. The minimum atomic E-state index is -0.990. The molecular weight excluding hydrogens is 292 g/mol. The van der Waals surface area contributed by atoms with Gasteiger partial charge in [-0.1, -0.05) is 32.0 Å². The van der Waals surface area contributed by atoms with Gasteiger partial charge < -0.3 is 9.52 Å². The number of benzene rings is 2. The van der Waals surface area contributed by atoms with Gasteiger partial charge in [0.25, 0.3) is 0 Å². The molecule has 0 atom stereocenters. The Bertz CT molecular complexity index is 853. The number of aromatic carboxylic acids is 1. The van der Waals surface area contributed by atoms with Gasteiger partial charge in [0.05, 0.1) is 5.56 Å². The third-order valence-corrected chi connectivity index (χ3v) is 3.58. The molecular formula is C18H16N2O3. The standard InChI is InChI=1S/C18H16N2O3/c1-11(2)12-5-3-6-13(9-12)16-19-20-17(23-16)14-7-4-8-15(10-14)18(21)22/h3-11H,1-2H3,(H,21,22). The Labute approximate surface area is 133 Å². The van der Waals surface area contributed by atoms with Crippen molar-refractivity contribution in [2.45, 2.75) is 19.8 Å². The first kappa shape index (κ1) is 15.0. The molecule has 116 valence electrons. The van der Waals surface area contributed by atoms with Crippen LogP contribution in [-0.2, 0) is 0 Å². The third-order valence-electron chi connectivity index (χ3n) is 3.58. The summed E-state index contributed by atoms with van der Waals surface area (Å²) in [6.45, 7) is 4.24. The maximum absolute atomic E-state index is 11.0. The van der Waals surface area contributed by atoms with E-state index >= 15 is 0 Å². The number of carbonyl (C=O) groups is 1. The topological polar surface area (TPSA) is 76.2 Å². The van der Waals surface area contributed by atoms with Crippen molar-refractivity contribution in [3.63, 3.8) is 0 Å². The van der Waals surface area contributed by atoms with E-state index in [0.717, 1.165) is 5.56 Å². The molecule has 0 bridgehead atoms. The second-order valence-corrected chi connectivity index (χ2v) is 5.58. The number of carboxylic acid groups (broad SMARTS) is 1. The molecule has 0 spiro atoms. The average Bonchev–Trinajstić information content (AvgIpc) is 3.05. The molecule has 3 rings (SSSR count). The van der Waals surface area contributed by atoms with Crippen molar-refractivity contribution in [2.75, 3.05) is 0 Å². The van der Waals surface area contributed by atoms with Crippen LogP contribution in [0.2, 0.25) is 0 Å². The van der Waals surface area contributed by atoms with E-state index in [9.17, 15) is 4.79 Å². The van der Waals surface area contributed by atoms with Gasteiger partial charge >= 0.3 is 5.97 Å². The van der Waals surface area contributed by atoms with Crippen LogP contribution in [0, 0.1) is 0 Å². The number of carboxylic acids is 1. The van der Waals surface area contributed by atoms with Gasteiger partial charge in [0.2, 0.25) is 11.8 Å². The summed E-state index contributed by atoms with van der Waals surface area (Å²) >= 11 is 0. The number of rotatable bonds is 4. The molecule has 0 fully saturated rings. The quantitative estimate of drug-likeness (QED) is 0.780. The van der Waals surface area contributed by atoms with Crippen molar-refractivity contribution in [1.29, 1.82) is 0 Å². The maximum atomic E-state index is 11.0. The predicted octanol–water partition coefficient (Wildman–Crippen LogP) is 4.23. The molecule has 3 aromatic rings. The summed E-state index contributed by atoms with van der Waals surface area (Å²) in [5.41, 5.74) is 2.81. The SMILES string of the molecule is CC(C)c1cccc(-c2nnc(-c3cccc(C(=O)O)c3)o2)c1. The van der Waals surface area contributed by atoms with E-state index in [1.54, 1.807) is 12.1 Å². The van der Waals surface area contributed by atoms with E-state index in [1.165, 1.54) is 17.7 Å². The fourth-order valence-electron chi connectivity index (χ4n) is 2.27. The summed E-state index contributed by atoms with van der Waals surface area (Å²) in [5, 5.41) is 17.2. The summed E-state index contributed by atoms with van der Waals surface area (Å²) < 4.78 is 5.71. The van der Waals surface area contributed by atoms with Crippen molar-refractivity contribution in [2.24, 2.45) is 0 Å². The molecule has 5 heteroatoms. The fraction of sp³-hybridized carbons (Fsp3) is 0.167. The minimum absolute atomic E-state index is 0.184. The lowest BCUT2D eigenvalue weighted by atomic mass is 10.0. The highest BCUT2D eigenvalue weighted by molar-refractivity contribution is 5.88. The zero-order valence-corrected chi connectivity index (χ0v) is 12.9. The molecule has 1 N–H and O–H groups in total. The van der Waals surface area contributed by atoms with Gasteiger partial charge in [-0.3, -0.25) is 0 Å². The molecule has 0 saturated heterocycles. The van der Waals surface area contributed by atoms with Gasteiger partial charge in [-0.05, 0) is 41.8 Å². The number of aromatic nitrogens is 2. The van der Waals surface area contributed by atoms with Crippen molar-refractivity contribution in [3.8, 4) is 22.9 Å². The number of nitrogens with zero attached hydrogens (tertiary/aromatic N) is 2. The second kappa shape index (κ2) is 6.04. The van der Waals surface area contributed by atoms with Gasteiger partial charge in [0.15, 0.2) is 0 Å². The summed E-state index contributed by atoms with van der Waals surface area (Å²) in [6, 6.07) is 14.4.